The molecule has 1 saturated heterocycles. The molecule has 1 aliphatic carbocycles. The molecule has 88 valence electrons. The van der Waals surface area contributed by atoms with Gasteiger partial charge in [-0.2, -0.15) is 13.2 Å². The van der Waals surface area contributed by atoms with E-state index in [1.165, 1.54) is 0 Å². The van der Waals surface area contributed by atoms with Crippen LogP contribution < -0.4 is 0 Å². The van der Waals surface area contributed by atoms with Gasteiger partial charge in [0.25, 0.3) is 0 Å². The molecule has 0 unspecified atom stereocenters. The van der Waals surface area contributed by atoms with E-state index in [0.29, 0.717) is 18.8 Å². The molecule has 0 aromatic carbocycles. The van der Waals surface area contributed by atoms with E-state index in [4.69, 9.17) is 0 Å². The van der Waals surface area contributed by atoms with Crippen LogP contribution >= 0.6 is 0 Å². The lowest BCUT2D eigenvalue weighted by Crippen LogP contribution is -2.64. The molecule has 0 radical (unpaired) electrons. The van der Waals surface area contributed by atoms with Crippen LogP contribution in [0.4, 0.5) is 13.2 Å². The molecule has 4 heteroatoms. The van der Waals surface area contributed by atoms with Crippen molar-refractivity contribution in [1.29, 1.82) is 0 Å². The topological polar surface area (TPSA) is 3.24 Å². The largest absolute Gasteiger partial charge is 0.391 e. The molecule has 0 aromatic heterocycles. The molecule has 1 heterocycles. The molecule has 0 atom stereocenters. The first-order valence-corrected chi connectivity index (χ1v) is 5.60. The van der Waals surface area contributed by atoms with Gasteiger partial charge in [0.2, 0.25) is 0 Å². The van der Waals surface area contributed by atoms with Gasteiger partial charge in [0.05, 0.1) is 5.92 Å². The molecule has 0 aromatic rings. The van der Waals surface area contributed by atoms with Gasteiger partial charge in [0, 0.05) is 19.6 Å². The van der Waals surface area contributed by atoms with Crippen LogP contribution in [0.1, 0.15) is 26.7 Å². The fourth-order valence-corrected chi connectivity index (χ4v) is 3.02. The van der Waals surface area contributed by atoms with Gasteiger partial charge in [0.1, 0.15) is 0 Å². The number of alkyl halides is 3. The van der Waals surface area contributed by atoms with Gasteiger partial charge < -0.3 is 4.90 Å². The van der Waals surface area contributed by atoms with E-state index in [-0.39, 0.29) is 5.41 Å². The van der Waals surface area contributed by atoms with Crippen molar-refractivity contribution >= 4 is 0 Å². The molecule has 2 aliphatic rings. The van der Waals surface area contributed by atoms with Gasteiger partial charge in [-0.15, -0.1) is 0 Å². The van der Waals surface area contributed by atoms with Crippen molar-refractivity contribution in [3.8, 4) is 0 Å². The zero-order chi connectivity index (χ0) is 11.3. The Morgan fingerprint density at radius 1 is 1.27 bits per heavy atom. The number of hydrogen-bond acceptors (Lipinski definition) is 1. The Kier molecular flexibility index (Phi) is 2.53. The van der Waals surface area contributed by atoms with Crippen molar-refractivity contribution in [2.45, 2.75) is 32.9 Å². The first kappa shape index (κ1) is 11.2. The molecular formula is C11H18F3N. The molecule has 2 fully saturated rings. The first-order chi connectivity index (χ1) is 6.81. The van der Waals surface area contributed by atoms with Crippen LogP contribution in [0.3, 0.4) is 0 Å². The van der Waals surface area contributed by atoms with E-state index in [0.717, 1.165) is 19.6 Å². The Morgan fingerprint density at radius 2 is 1.80 bits per heavy atom. The normalized spacial score (nSPS) is 26.8. The lowest BCUT2D eigenvalue weighted by atomic mass is 9.57. The highest BCUT2D eigenvalue weighted by Crippen LogP contribution is 2.56. The van der Waals surface area contributed by atoms with Crippen molar-refractivity contribution in [1.82, 2.24) is 4.90 Å². The second kappa shape index (κ2) is 3.37. The predicted molar refractivity (Wildman–Crippen MR) is 52.5 cm³/mol. The quantitative estimate of drug-likeness (QED) is 0.693. The van der Waals surface area contributed by atoms with E-state index in [2.05, 4.69) is 18.7 Å². The lowest BCUT2D eigenvalue weighted by molar-refractivity contribution is -0.243. The lowest BCUT2D eigenvalue weighted by Gasteiger charge is -2.59. The Balaban J connectivity index is 1.73. The third kappa shape index (κ3) is 2.14. The average Bonchev–Trinajstić information content (AvgIpc) is 1.87. The van der Waals surface area contributed by atoms with Crippen LogP contribution in [-0.4, -0.2) is 30.7 Å². The first-order valence-electron chi connectivity index (χ1n) is 5.60. The Bertz CT molecular complexity index is 233. The summed E-state index contributed by atoms with van der Waals surface area (Å²) >= 11 is 0. The minimum absolute atomic E-state index is 0.0368. The van der Waals surface area contributed by atoms with Crippen molar-refractivity contribution in [3.63, 3.8) is 0 Å². The molecule has 1 saturated carbocycles. The fraction of sp³-hybridized carbons (Fsp3) is 1.00. The van der Waals surface area contributed by atoms with Crippen molar-refractivity contribution < 1.29 is 13.2 Å². The molecule has 2 rings (SSSR count). The van der Waals surface area contributed by atoms with E-state index < -0.39 is 12.1 Å². The highest BCUT2D eigenvalue weighted by atomic mass is 19.4. The van der Waals surface area contributed by atoms with Crippen molar-refractivity contribution in [2.75, 3.05) is 19.6 Å². The van der Waals surface area contributed by atoms with Gasteiger partial charge in [-0.25, -0.2) is 0 Å². The van der Waals surface area contributed by atoms with Crippen LogP contribution in [-0.2, 0) is 0 Å². The smallest absolute Gasteiger partial charge is 0.302 e. The van der Waals surface area contributed by atoms with Crippen LogP contribution in [0.2, 0.25) is 0 Å². The van der Waals surface area contributed by atoms with Crippen LogP contribution in [0.15, 0.2) is 0 Å². The summed E-state index contributed by atoms with van der Waals surface area (Å²) in [6, 6.07) is 0. The Labute approximate surface area is 88.6 Å². The minimum Gasteiger partial charge on any atom is -0.302 e. The van der Waals surface area contributed by atoms with E-state index in [1.807, 2.05) is 0 Å². The maximum atomic E-state index is 12.3. The SMILES string of the molecule is CC(C)CN1CC2(CC(C(F)(F)F)C2)C1. The Morgan fingerprint density at radius 3 is 2.20 bits per heavy atom. The van der Waals surface area contributed by atoms with Gasteiger partial charge in [-0.1, -0.05) is 13.8 Å². The molecule has 0 bridgehead atoms. The standard InChI is InChI=1S/C11H18F3N/c1-8(2)5-15-6-10(7-15)3-9(4-10)11(12,13)14/h8-9H,3-7H2,1-2H3. The number of nitrogens with zero attached hydrogens (tertiary/aromatic N) is 1. The predicted octanol–water partition coefficient (Wildman–Crippen LogP) is 2.92. The summed E-state index contributed by atoms with van der Waals surface area (Å²) in [5, 5.41) is 0. The maximum absolute atomic E-state index is 12.3. The zero-order valence-corrected chi connectivity index (χ0v) is 9.27. The van der Waals surface area contributed by atoms with Crippen LogP contribution in [0, 0.1) is 17.3 Å². The van der Waals surface area contributed by atoms with E-state index in [1.54, 1.807) is 0 Å². The number of halogens is 3. The summed E-state index contributed by atoms with van der Waals surface area (Å²) in [5.41, 5.74) is 0.0368. The number of hydrogen-bond donors (Lipinski definition) is 0. The summed E-state index contributed by atoms with van der Waals surface area (Å²) in [6.07, 6.45) is -3.22. The van der Waals surface area contributed by atoms with E-state index in [9.17, 15) is 13.2 Å². The molecule has 1 nitrogen and oxygen atoms in total. The summed E-state index contributed by atoms with van der Waals surface area (Å²) in [6.45, 7) is 7.09. The van der Waals surface area contributed by atoms with E-state index >= 15 is 0 Å². The van der Waals surface area contributed by atoms with Gasteiger partial charge in [-0.05, 0) is 24.2 Å². The highest BCUT2D eigenvalue weighted by molar-refractivity contribution is 5.05. The fourth-order valence-electron chi connectivity index (χ4n) is 3.02. The summed E-state index contributed by atoms with van der Waals surface area (Å²) < 4.78 is 36.9. The molecular weight excluding hydrogens is 203 g/mol. The third-order valence-electron chi connectivity index (χ3n) is 3.56. The Hall–Kier alpha value is -0.250. The summed E-state index contributed by atoms with van der Waals surface area (Å²) in [5.74, 6) is -0.403. The average molecular weight is 221 g/mol. The number of rotatable bonds is 2. The maximum Gasteiger partial charge on any atom is 0.391 e. The zero-order valence-electron chi connectivity index (χ0n) is 9.27. The second-order valence-corrected chi connectivity index (χ2v) is 5.71. The minimum atomic E-state index is -3.95. The van der Waals surface area contributed by atoms with Gasteiger partial charge >= 0.3 is 6.18 Å². The molecule has 15 heavy (non-hydrogen) atoms. The number of likely N-dealkylation sites (tertiary alicyclic amines) is 1. The molecule has 1 spiro atoms. The molecule has 1 aliphatic heterocycles. The molecule has 0 amide bonds. The van der Waals surface area contributed by atoms with Crippen molar-refractivity contribution in [2.24, 2.45) is 17.3 Å². The van der Waals surface area contributed by atoms with Crippen molar-refractivity contribution in [3.05, 3.63) is 0 Å². The summed E-state index contributed by atoms with van der Waals surface area (Å²) in [4.78, 5) is 2.28. The van der Waals surface area contributed by atoms with Crippen LogP contribution in [0.5, 0.6) is 0 Å². The van der Waals surface area contributed by atoms with Gasteiger partial charge in [-0.3, -0.25) is 0 Å². The second-order valence-electron chi connectivity index (χ2n) is 5.71. The highest BCUT2D eigenvalue weighted by Gasteiger charge is 2.59. The monoisotopic (exact) mass is 221 g/mol. The van der Waals surface area contributed by atoms with Gasteiger partial charge in [0.15, 0.2) is 0 Å². The van der Waals surface area contributed by atoms with Crippen LogP contribution in [0.25, 0.3) is 0 Å². The summed E-state index contributed by atoms with van der Waals surface area (Å²) in [7, 11) is 0. The molecule has 0 N–H and O–H groups in total. The third-order valence-corrected chi connectivity index (χ3v) is 3.56.